The largest absolute Gasteiger partial charge is 0.341 e. The van der Waals surface area contributed by atoms with Gasteiger partial charge in [0.25, 0.3) is 0 Å². The van der Waals surface area contributed by atoms with E-state index in [0.29, 0.717) is 32.6 Å². The summed E-state index contributed by atoms with van der Waals surface area (Å²) in [6.45, 7) is 3.02. The van der Waals surface area contributed by atoms with Crippen molar-refractivity contribution < 1.29 is 14.4 Å². The average molecular weight is 382 g/mol. The molecule has 0 saturated carbocycles. The summed E-state index contributed by atoms with van der Waals surface area (Å²) in [6.07, 6.45) is 6.31. The molecule has 1 aromatic carbocycles. The van der Waals surface area contributed by atoms with Gasteiger partial charge >= 0.3 is 6.03 Å². The van der Waals surface area contributed by atoms with Crippen LogP contribution in [-0.4, -0.2) is 66.4 Å². The monoisotopic (exact) mass is 382 g/mol. The van der Waals surface area contributed by atoms with Crippen LogP contribution in [0, 0.1) is 5.41 Å². The first-order valence-corrected chi connectivity index (χ1v) is 9.87. The summed E-state index contributed by atoms with van der Waals surface area (Å²) in [5, 5.41) is 5.28. The molecule has 3 heterocycles. The molecule has 0 unspecified atom stereocenters. The van der Waals surface area contributed by atoms with Crippen molar-refractivity contribution in [3.05, 3.63) is 42.0 Å². The Bertz CT molecular complexity index is 784. The molecule has 0 aromatic heterocycles. The molecule has 28 heavy (non-hydrogen) atoms. The first kappa shape index (κ1) is 18.5. The highest BCUT2D eigenvalue weighted by atomic mass is 16.2. The highest BCUT2D eigenvalue weighted by molar-refractivity contribution is 5.90. The second kappa shape index (κ2) is 7.66. The lowest BCUT2D eigenvalue weighted by Crippen LogP contribution is -2.50. The lowest BCUT2D eigenvalue weighted by molar-refractivity contribution is -0.134. The molecule has 3 fully saturated rings. The number of piperidine rings is 1. The maximum atomic E-state index is 12.5. The van der Waals surface area contributed by atoms with Crippen molar-refractivity contribution in [2.75, 3.05) is 32.7 Å². The molecule has 4 rings (SSSR count). The quantitative estimate of drug-likeness (QED) is 0.822. The van der Waals surface area contributed by atoms with Crippen molar-refractivity contribution in [1.82, 2.24) is 20.4 Å². The van der Waals surface area contributed by atoms with Gasteiger partial charge in [0, 0.05) is 44.6 Å². The van der Waals surface area contributed by atoms with E-state index in [2.05, 4.69) is 10.6 Å². The third-order valence-electron chi connectivity index (χ3n) is 6.05. The summed E-state index contributed by atoms with van der Waals surface area (Å²) in [4.78, 5) is 40.1. The first-order chi connectivity index (χ1) is 13.5. The minimum atomic E-state index is -0.466. The van der Waals surface area contributed by atoms with Gasteiger partial charge in [-0.05, 0) is 18.4 Å². The smallest absolute Gasteiger partial charge is 0.315 e. The Morgan fingerprint density at radius 3 is 2.61 bits per heavy atom. The van der Waals surface area contributed by atoms with Crippen LogP contribution in [0.3, 0.4) is 0 Å². The van der Waals surface area contributed by atoms with E-state index in [0.717, 1.165) is 24.9 Å². The fourth-order valence-electron chi connectivity index (χ4n) is 4.39. The average Bonchev–Trinajstić information content (AvgIpc) is 3.26. The zero-order valence-corrected chi connectivity index (χ0v) is 15.9. The molecule has 7 nitrogen and oxygen atoms in total. The van der Waals surface area contributed by atoms with Gasteiger partial charge in [-0.15, -0.1) is 0 Å². The van der Waals surface area contributed by atoms with E-state index >= 15 is 0 Å². The number of urea groups is 1. The summed E-state index contributed by atoms with van der Waals surface area (Å²) in [7, 11) is 0. The highest BCUT2D eigenvalue weighted by Gasteiger charge is 2.45. The summed E-state index contributed by atoms with van der Waals surface area (Å²) in [6, 6.07) is 9.31. The Morgan fingerprint density at radius 1 is 1.18 bits per heavy atom. The topological polar surface area (TPSA) is 81.8 Å². The van der Waals surface area contributed by atoms with Crippen molar-refractivity contribution in [2.45, 2.75) is 25.3 Å². The van der Waals surface area contributed by atoms with Gasteiger partial charge in [0.05, 0.1) is 0 Å². The summed E-state index contributed by atoms with van der Waals surface area (Å²) in [5.41, 5.74) is 1.11. The van der Waals surface area contributed by atoms with Crippen molar-refractivity contribution in [3.63, 3.8) is 0 Å². The number of likely N-dealkylation sites (tertiary alicyclic amines) is 2. The van der Waals surface area contributed by atoms with Gasteiger partial charge in [0.15, 0.2) is 0 Å². The zero-order valence-electron chi connectivity index (χ0n) is 15.9. The van der Waals surface area contributed by atoms with Crippen LogP contribution in [0.1, 0.15) is 24.8 Å². The van der Waals surface area contributed by atoms with Crippen LogP contribution in [0.5, 0.6) is 0 Å². The summed E-state index contributed by atoms with van der Waals surface area (Å²) < 4.78 is 0. The molecular formula is C21H26N4O3. The number of nitrogens with zero attached hydrogens (tertiary/aromatic N) is 2. The lowest BCUT2D eigenvalue weighted by atomic mass is 9.77. The number of amides is 4. The highest BCUT2D eigenvalue weighted by Crippen LogP contribution is 2.41. The summed E-state index contributed by atoms with van der Waals surface area (Å²) >= 11 is 0. The first-order valence-electron chi connectivity index (χ1n) is 9.87. The predicted molar refractivity (Wildman–Crippen MR) is 105 cm³/mol. The van der Waals surface area contributed by atoms with Gasteiger partial charge in [-0.2, -0.15) is 0 Å². The third kappa shape index (κ3) is 3.88. The Morgan fingerprint density at radius 2 is 1.93 bits per heavy atom. The van der Waals surface area contributed by atoms with Crippen LogP contribution < -0.4 is 10.6 Å². The molecule has 1 aromatic rings. The summed E-state index contributed by atoms with van der Waals surface area (Å²) in [5.74, 6) is 0.171. The van der Waals surface area contributed by atoms with Crippen LogP contribution in [0.15, 0.2) is 36.4 Å². The van der Waals surface area contributed by atoms with Crippen LogP contribution in [0.4, 0.5) is 4.79 Å². The maximum Gasteiger partial charge on any atom is 0.315 e. The van der Waals surface area contributed by atoms with Crippen LogP contribution >= 0.6 is 0 Å². The zero-order chi connectivity index (χ0) is 19.6. The maximum absolute atomic E-state index is 12.5. The fourth-order valence-corrected chi connectivity index (χ4v) is 4.39. The van der Waals surface area contributed by atoms with Crippen LogP contribution in [0.2, 0.25) is 0 Å². The molecule has 1 atom stereocenters. The van der Waals surface area contributed by atoms with Crippen LogP contribution in [0.25, 0.3) is 6.08 Å². The number of carbonyl (C=O) groups is 3. The predicted octanol–water partition coefficient (Wildman–Crippen LogP) is 1.22. The second-order valence-electron chi connectivity index (χ2n) is 8.00. The molecule has 0 bridgehead atoms. The van der Waals surface area contributed by atoms with E-state index in [4.69, 9.17) is 0 Å². The SMILES string of the molecule is O=C1NC[C@@H](C(=O)N2CCC3(CC2)CC(=O)N(C/C=C/c2ccccc2)C3)N1. The van der Waals surface area contributed by atoms with Gasteiger partial charge in [-0.1, -0.05) is 42.5 Å². The number of hydrogen-bond donors (Lipinski definition) is 2. The van der Waals surface area contributed by atoms with E-state index in [9.17, 15) is 14.4 Å². The van der Waals surface area contributed by atoms with E-state index in [-0.39, 0.29) is 23.3 Å². The van der Waals surface area contributed by atoms with Crippen molar-refractivity contribution in [3.8, 4) is 0 Å². The third-order valence-corrected chi connectivity index (χ3v) is 6.05. The van der Waals surface area contributed by atoms with Crippen LogP contribution in [-0.2, 0) is 9.59 Å². The molecule has 0 aliphatic carbocycles. The normalized spacial score (nSPS) is 24.1. The van der Waals surface area contributed by atoms with E-state index in [1.54, 1.807) is 0 Å². The molecule has 3 aliphatic rings. The Kier molecular flexibility index (Phi) is 5.07. The fraction of sp³-hybridized carbons (Fsp3) is 0.476. The number of nitrogens with one attached hydrogen (secondary N) is 2. The van der Waals surface area contributed by atoms with Crippen molar-refractivity contribution >= 4 is 23.9 Å². The molecule has 3 saturated heterocycles. The molecule has 1 spiro atoms. The number of carbonyl (C=O) groups excluding carboxylic acids is 3. The van der Waals surface area contributed by atoms with Crippen molar-refractivity contribution in [2.24, 2.45) is 5.41 Å². The number of rotatable bonds is 4. The molecule has 2 N–H and O–H groups in total. The minimum Gasteiger partial charge on any atom is -0.341 e. The molecule has 148 valence electrons. The van der Waals surface area contributed by atoms with Gasteiger partial charge < -0.3 is 20.4 Å². The molecule has 0 radical (unpaired) electrons. The number of hydrogen-bond acceptors (Lipinski definition) is 3. The van der Waals surface area contributed by atoms with Crippen molar-refractivity contribution in [1.29, 1.82) is 0 Å². The van der Waals surface area contributed by atoms with E-state index < -0.39 is 6.04 Å². The standard InChI is InChI=1S/C21H26N4O3/c26-18-13-21(15-25(18)10-4-7-16-5-2-1-3-6-16)8-11-24(12-9-21)19(27)17-14-22-20(28)23-17/h1-7,17H,8-15H2,(H2,22,23,28)/b7-4+/t17-/m0/s1. The molecule has 7 heteroatoms. The molecular weight excluding hydrogens is 356 g/mol. The van der Waals surface area contributed by atoms with E-state index in [1.165, 1.54) is 0 Å². The lowest BCUT2D eigenvalue weighted by Gasteiger charge is -2.39. The van der Waals surface area contributed by atoms with Gasteiger partial charge in [0.1, 0.15) is 6.04 Å². The minimum absolute atomic E-state index is 0.0222. The van der Waals surface area contributed by atoms with Gasteiger partial charge in [0.2, 0.25) is 11.8 Å². The molecule has 4 amide bonds. The Labute approximate surface area is 164 Å². The van der Waals surface area contributed by atoms with E-state index in [1.807, 2.05) is 52.3 Å². The Hall–Kier alpha value is -2.83. The van der Waals surface area contributed by atoms with Gasteiger partial charge in [-0.25, -0.2) is 4.79 Å². The molecule has 3 aliphatic heterocycles. The Balaban J connectivity index is 1.29. The second-order valence-corrected chi connectivity index (χ2v) is 8.00. The van der Waals surface area contributed by atoms with Gasteiger partial charge in [-0.3, -0.25) is 9.59 Å². The number of benzene rings is 1.